The van der Waals surface area contributed by atoms with Crippen LogP contribution in [0, 0.1) is 25.2 Å². The van der Waals surface area contributed by atoms with Crippen LogP contribution < -0.4 is 4.72 Å². The van der Waals surface area contributed by atoms with Gasteiger partial charge in [0.25, 0.3) is 10.0 Å². The summed E-state index contributed by atoms with van der Waals surface area (Å²) in [6.45, 7) is 4.99. The number of carbonyl (C=O) groups excluding carboxylic acids is 1. The zero-order chi connectivity index (χ0) is 17.9. The fraction of sp³-hybridized carbons (Fsp3) is 0.250. The van der Waals surface area contributed by atoms with Crippen LogP contribution in [0.15, 0.2) is 29.2 Å². The number of nitrogens with zero attached hydrogens (tertiary/aromatic N) is 1. The van der Waals surface area contributed by atoms with E-state index in [9.17, 15) is 13.2 Å². The molecule has 0 bridgehead atoms. The van der Waals surface area contributed by atoms with Crippen LogP contribution in [-0.2, 0) is 14.8 Å². The van der Waals surface area contributed by atoms with E-state index in [0.29, 0.717) is 22.5 Å². The number of nitrogens with one attached hydrogen (secondary N) is 2. The van der Waals surface area contributed by atoms with E-state index in [-0.39, 0.29) is 17.2 Å². The van der Waals surface area contributed by atoms with Gasteiger partial charge in [0, 0.05) is 16.9 Å². The molecule has 0 aliphatic heterocycles. The minimum atomic E-state index is -3.89. The van der Waals surface area contributed by atoms with Crippen molar-refractivity contribution >= 4 is 21.7 Å². The van der Waals surface area contributed by atoms with Gasteiger partial charge in [-0.2, -0.15) is 5.26 Å². The van der Waals surface area contributed by atoms with Gasteiger partial charge in [0.15, 0.2) is 0 Å². The molecule has 2 aromatic rings. The summed E-state index contributed by atoms with van der Waals surface area (Å²) in [6, 6.07) is 7.99. The van der Waals surface area contributed by atoms with Crippen molar-refractivity contribution in [3.63, 3.8) is 0 Å². The highest BCUT2D eigenvalue weighted by Crippen LogP contribution is 2.26. The second-order valence-electron chi connectivity index (χ2n) is 5.09. The summed E-state index contributed by atoms with van der Waals surface area (Å²) in [6.07, 6.45) is 0. The standard InChI is InChI=1S/C16H17N3O4S/c1-4-23-16(20)14-10(2)15(11(3)18-14)24(21,22)19-13-7-5-12(9-17)6-8-13/h5-8,18-19H,4H2,1-3H3. The molecule has 0 unspecified atom stereocenters. The second-order valence-corrected chi connectivity index (χ2v) is 6.71. The number of carbonyl (C=O) groups is 1. The fourth-order valence-electron chi connectivity index (χ4n) is 2.36. The van der Waals surface area contributed by atoms with Crippen molar-refractivity contribution in [1.82, 2.24) is 4.98 Å². The molecule has 2 N–H and O–H groups in total. The van der Waals surface area contributed by atoms with Gasteiger partial charge in [0.2, 0.25) is 0 Å². The van der Waals surface area contributed by atoms with Crippen LogP contribution in [0.5, 0.6) is 0 Å². The number of hydrogen-bond donors (Lipinski definition) is 2. The molecule has 2 rings (SSSR count). The lowest BCUT2D eigenvalue weighted by molar-refractivity contribution is 0.0519. The number of hydrogen-bond acceptors (Lipinski definition) is 5. The Labute approximate surface area is 140 Å². The monoisotopic (exact) mass is 347 g/mol. The van der Waals surface area contributed by atoms with Gasteiger partial charge >= 0.3 is 5.97 Å². The summed E-state index contributed by atoms with van der Waals surface area (Å²) in [7, 11) is -3.89. The summed E-state index contributed by atoms with van der Waals surface area (Å²) in [5, 5.41) is 8.77. The normalized spacial score (nSPS) is 10.9. The average Bonchev–Trinajstić information content (AvgIpc) is 2.83. The molecule has 0 aliphatic carbocycles. The van der Waals surface area contributed by atoms with Crippen LogP contribution in [0.4, 0.5) is 5.69 Å². The maximum atomic E-state index is 12.6. The van der Waals surface area contributed by atoms with Gasteiger partial charge in [0.05, 0.1) is 18.2 Å². The first-order valence-corrected chi connectivity index (χ1v) is 8.67. The van der Waals surface area contributed by atoms with Crippen LogP contribution in [0.1, 0.15) is 34.2 Å². The molecule has 1 heterocycles. The fourth-order valence-corrected chi connectivity index (χ4v) is 3.87. The molecule has 24 heavy (non-hydrogen) atoms. The van der Waals surface area contributed by atoms with Crippen molar-refractivity contribution in [2.75, 3.05) is 11.3 Å². The molecule has 0 fully saturated rings. The Morgan fingerprint density at radius 3 is 2.46 bits per heavy atom. The number of anilines is 1. The number of aromatic amines is 1. The Balaban J connectivity index is 2.38. The highest BCUT2D eigenvalue weighted by molar-refractivity contribution is 7.92. The molecule has 0 radical (unpaired) electrons. The zero-order valence-electron chi connectivity index (χ0n) is 13.5. The van der Waals surface area contributed by atoms with Gasteiger partial charge < -0.3 is 9.72 Å². The van der Waals surface area contributed by atoms with E-state index in [1.807, 2.05) is 6.07 Å². The Morgan fingerprint density at radius 1 is 1.29 bits per heavy atom. The lowest BCUT2D eigenvalue weighted by Crippen LogP contribution is -2.15. The first-order valence-electron chi connectivity index (χ1n) is 7.19. The summed E-state index contributed by atoms with van der Waals surface area (Å²) >= 11 is 0. The number of aryl methyl sites for hydroxylation is 1. The number of aromatic nitrogens is 1. The maximum Gasteiger partial charge on any atom is 0.355 e. The average molecular weight is 347 g/mol. The summed E-state index contributed by atoms with van der Waals surface area (Å²) < 4.78 is 32.6. The quantitative estimate of drug-likeness (QED) is 0.807. The third-order valence-corrected chi connectivity index (χ3v) is 5.04. The number of sulfonamides is 1. The van der Waals surface area contributed by atoms with Gasteiger partial charge in [-0.25, -0.2) is 13.2 Å². The van der Waals surface area contributed by atoms with Crippen molar-refractivity contribution < 1.29 is 17.9 Å². The van der Waals surface area contributed by atoms with E-state index in [1.54, 1.807) is 20.8 Å². The van der Waals surface area contributed by atoms with Crippen molar-refractivity contribution in [2.24, 2.45) is 0 Å². The van der Waals surface area contributed by atoms with Crippen molar-refractivity contribution in [3.05, 3.63) is 46.8 Å². The molecule has 126 valence electrons. The van der Waals surface area contributed by atoms with Crippen LogP contribution in [0.2, 0.25) is 0 Å². The van der Waals surface area contributed by atoms with Gasteiger partial charge in [-0.3, -0.25) is 4.72 Å². The van der Waals surface area contributed by atoms with E-state index in [1.165, 1.54) is 24.3 Å². The first-order chi connectivity index (χ1) is 11.3. The summed E-state index contributed by atoms with van der Waals surface area (Å²) in [5.74, 6) is -0.599. The Bertz CT molecular complexity index is 906. The van der Waals surface area contributed by atoms with Crippen molar-refractivity contribution in [2.45, 2.75) is 25.7 Å². The summed E-state index contributed by atoms with van der Waals surface area (Å²) in [5.41, 5.74) is 1.52. The van der Waals surface area contributed by atoms with Gasteiger partial charge in [0.1, 0.15) is 10.6 Å². The summed E-state index contributed by atoms with van der Waals surface area (Å²) in [4.78, 5) is 14.7. The Kier molecular flexibility index (Phi) is 4.95. The molecule has 0 atom stereocenters. The molecular formula is C16H17N3O4S. The van der Waals surface area contributed by atoms with E-state index in [0.717, 1.165) is 0 Å². The van der Waals surface area contributed by atoms with E-state index in [4.69, 9.17) is 10.00 Å². The first kappa shape index (κ1) is 17.6. The van der Waals surface area contributed by atoms with Gasteiger partial charge in [-0.05, 0) is 45.0 Å². The number of ether oxygens (including phenoxy) is 1. The van der Waals surface area contributed by atoms with Crippen molar-refractivity contribution in [1.29, 1.82) is 5.26 Å². The van der Waals surface area contributed by atoms with Crippen molar-refractivity contribution in [3.8, 4) is 6.07 Å². The number of rotatable bonds is 5. The molecule has 0 saturated heterocycles. The Morgan fingerprint density at radius 2 is 1.92 bits per heavy atom. The van der Waals surface area contributed by atoms with E-state index >= 15 is 0 Å². The van der Waals surface area contributed by atoms with Crippen LogP contribution in [0.3, 0.4) is 0 Å². The highest BCUT2D eigenvalue weighted by atomic mass is 32.2. The lowest BCUT2D eigenvalue weighted by atomic mass is 10.2. The molecule has 1 aromatic heterocycles. The molecule has 8 heteroatoms. The molecule has 0 amide bonds. The highest BCUT2D eigenvalue weighted by Gasteiger charge is 2.27. The molecule has 0 aliphatic rings. The van der Waals surface area contributed by atoms with Crippen LogP contribution in [0.25, 0.3) is 0 Å². The molecular weight excluding hydrogens is 330 g/mol. The number of nitriles is 1. The SMILES string of the molecule is CCOC(=O)c1[nH]c(C)c(S(=O)(=O)Nc2ccc(C#N)cc2)c1C. The molecule has 1 aromatic carbocycles. The molecule has 7 nitrogen and oxygen atoms in total. The minimum Gasteiger partial charge on any atom is -0.461 e. The third-order valence-electron chi connectivity index (χ3n) is 3.38. The van der Waals surface area contributed by atoms with E-state index in [2.05, 4.69) is 9.71 Å². The topological polar surface area (TPSA) is 112 Å². The number of benzene rings is 1. The maximum absolute atomic E-state index is 12.6. The number of esters is 1. The lowest BCUT2D eigenvalue weighted by Gasteiger charge is -2.09. The predicted molar refractivity (Wildman–Crippen MR) is 88.2 cm³/mol. The van der Waals surface area contributed by atoms with Crippen LogP contribution >= 0.6 is 0 Å². The van der Waals surface area contributed by atoms with E-state index < -0.39 is 16.0 Å². The number of H-pyrrole nitrogens is 1. The second kappa shape index (κ2) is 6.76. The third kappa shape index (κ3) is 3.41. The largest absolute Gasteiger partial charge is 0.461 e. The minimum absolute atomic E-state index is 0.00918. The zero-order valence-corrected chi connectivity index (χ0v) is 14.3. The molecule has 0 spiro atoms. The van der Waals surface area contributed by atoms with Crippen LogP contribution in [-0.4, -0.2) is 26.0 Å². The predicted octanol–water partition coefficient (Wildman–Crippen LogP) is 2.48. The smallest absolute Gasteiger partial charge is 0.355 e. The van der Waals surface area contributed by atoms with Gasteiger partial charge in [-0.1, -0.05) is 0 Å². The van der Waals surface area contributed by atoms with Gasteiger partial charge in [-0.15, -0.1) is 0 Å². The Hall–Kier alpha value is -2.79. The molecule has 0 saturated carbocycles.